The van der Waals surface area contributed by atoms with Crippen molar-refractivity contribution in [1.82, 2.24) is 15.6 Å². The summed E-state index contributed by atoms with van der Waals surface area (Å²) in [6.45, 7) is 0. The first-order chi connectivity index (χ1) is 8.16. The van der Waals surface area contributed by atoms with Crippen molar-refractivity contribution in [3.05, 3.63) is 38.5 Å². The minimum absolute atomic E-state index is 0.277. The smallest absolute Gasteiger partial charge is 0.272 e. The Kier molecular flexibility index (Phi) is 3.64. The van der Waals surface area contributed by atoms with Gasteiger partial charge in [-0.1, -0.05) is 0 Å². The van der Waals surface area contributed by atoms with Gasteiger partial charge in [-0.05, 0) is 28.1 Å². The maximum absolute atomic E-state index is 12.6. The molecule has 1 amide bonds. The molecular weight excluding hydrogens is 311 g/mol. The van der Waals surface area contributed by atoms with Crippen LogP contribution in [-0.4, -0.2) is 22.3 Å². The number of aromatic nitrogens is 2. The largest absolute Gasteiger partial charge is 0.290 e. The summed E-state index contributed by atoms with van der Waals surface area (Å²) in [6, 6.07) is 2.90. The van der Waals surface area contributed by atoms with E-state index in [4.69, 9.17) is 0 Å². The second-order valence-corrected chi connectivity index (χ2v) is 4.85. The van der Waals surface area contributed by atoms with Gasteiger partial charge in [0, 0.05) is 0 Å². The van der Waals surface area contributed by atoms with Gasteiger partial charge >= 0.3 is 0 Å². The van der Waals surface area contributed by atoms with Crippen molar-refractivity contribution >= 4 is 39.4 Å². The van der Waals surface area contributed by atoms with E-state index in [1.54, 1.807) is 6.07 Å². The highest BCUT2D eigenvalue weighted by atomic mass is 79.9. The fraction of sp³-hybridized carbons (Fsp3) is 0. The van der Waals surface area contributed by atoms with Crippen molar-refractivity contribution in [3.63, 3.8) is 0 Å². The van der Waals surface area contributed by atoms with Crippen molar-refractivity contribution in [2.45, 2.75) is 0 Å². The molecular formula is C9H6BrFN4OS. The average Bonchev–Trinajstić information content (AvgIpc) is 2.87. The third-order valence-corrected chi connectivity index (χ3v) is 3.18. The van der Waals surface area contributed by atoms with Gasteiger partial charge < -0.3 is 0 Å². The van der Waals surface area contributed by atoms with Crippen LogP contribution in [0.3, 0.4) is 0 Å². The number of thiophene rings is 1. The summed E-state index contributed by atoms with van der Waals surface area (Å²) in [5, 5.41) is 9.60. The molecule has 2 aromatic rings. The van der Waals surface area contributed by atoms with Crippen LogP contribution in [0.5, 0.6) is 0 Å². The Labute approximate surface area is 108 Å². The van der Waals surface area contributed by atoms with Crippen LogP contribution < -0.4 is 5.43 Å². The highest BCUT2D eigenvalue weighted by Gasteiger charge is 2.10. The lowest BCUT2D eigenvalue weighted by Crippen LogP contribution is -2.18. The number of carbonyl (C=O) groups excluding carboxylic acids is 1. The number of hydrogen-bond donors (Lipinski definition) is 2. The molecule has 0 fully saturated rings. The van der Waals surface area contributed by atoms with Crippen LogP contribution in [0.25, 0.3) is 0 Å². The molecule has 8 heteroatoms. The Hall–Kier alpha value is -1.54. The van der Waals surface area contributed by atoms with Crippen LogP contribution in [0, 0.1) is 5.13 Å². The Morgan fingerprint density at radius 1 is 1.65 bits per heavy atom. The van der Waals surface area contributed by atoms with Crippen molar-refractivity contribution in [2.75, 3.05) is 0 Å². The molecule has 2 N–H and O–H groups in total. The van der Waals surface area contributed by atoms with Crippen molar-refractivity contribution in [2.24, 2.45) is 5.10 Å². The normalized spacial score (nSPS) is 10.9. The Bertz CT molecular complexity index is 565. The van der Waals surface area contributed by atoms with Crippen LogP contribution in [0.1, 0.15) is 15.4 Å². The molecule has 0 saturated heterocycles. The van der Waals surface area contributed by atoms with E-state index in [1.165, 1.54) is 18.5 Å². The van der Waals surface area contributed by atoms with Crippen molar-refractivity contribution in [1.29, 1.82) is 0 Å². The summed E-state index contributed by atoms with van der Waals surface area (Å²) < 4.78 is 13.2. The van der Waals surface area contributed by atoms with Crippen molar-refractivity contribution in [3.8, 4) is 0 Å². The van der Waals surface area contributed by atoms with E-state index in [-0.39, 0.29) is 10.8 Å². The van der Waals surface area contributed by atoms with Crippen molar-refractivity contribution < 1.29 is 9.18 Å². The van der Waals surface area contributed by atoms with Gasteiger partial charge in [-0.2, -0.15) is 14.6 Å². The van der Waals surface area contributed by atoms with E-state index < -0.39 is 5.91 Å². The standard InChI is InChI=1S/C9H6BrFN4OS/c10-6-4-13-14-8(6)9(16)15-12-3-5-1-2-7(11)17-5/h1-4H,(H,13,14)(H,15,16)/b12-3-. The van der Waals surface area contributed by atoms with E-state index in [0.717, 1.165) is 11.3 Å². The van der Waals surface area contributed by atoms with E-state index >= 15 is 0 Å². The summed E-state index contributed by atoms with van der Waals surface area (Å²) >= 11 is 4.10. The lowest BCUT2D eigenvalue weighted by atomic mass is 10.4. The number of aromatic amines is 1. The third kappa shape index (κ3) is 2.98. The molecule has 0 aromatic carbocycles. The summed E-state index contributed by atoms with van der Waals surface area (Å²) in [7, 11) is 0. The minimum Gasteiger partial charge on any atom is -0.272 e. The highest BCUT2D eigenvalue weighted by molar-refractivity contribution is 9.10. The molecule has 0 saturated carbocycles. The molecule has 0 aliphatic rings. The third-order valence-electron chi connectivity index (χ3n) is 1.77. The first-order valence-electron chi connectivity index (χ1n) is 4.44. The zero-order valence-corrected chi connectivity index (χ0v) is 10.7. The molecule has 2 heterocycles. The fourth-order valence-electron chi connectivity index (χ4n) is 1.04. The molecule has 0 bridgehead atoms. The second kappa shape index (κ2) is 5.19. The maximum Gasteiger partial charge on any atom is 0.290 e. The average molecular weight is 317 g/mol. The molecule has 2 aromatic heterocycles. The quantitative estimate of drug-likeness (QED) is 0.672. The molecule has 0 aliphatic carbocycles. The number of halogens is 2. The summed E-state index contributed by atoms with van der Waals surface area (Å²) in [4.78, 5) is 12.1. The van der Waals surface area contributed by atoms with E-state index in [9.17, 15) is 9.18 Å². The van der Waals surface area contributed by atoms with Crippen LogP contribution >= 0.6 is 27.3 Å². The van der Waals surface area contributed by atoms with Gasteiger partial charge in [0.05, 0.1) is 21.8 Å². The number of amides is 1. The number of hydrazone groups is 1. The Balaban J connectivity index is 1.97. The molecule has 0 aliphatic heterocycles. The monoisotopic (exact) mass is 316 g/mol. The lowest BCUT2D eigenvalue weighted by Gasteiger charge is -1.95. The molecule has 0 spiro atoms. The number of rotatable bonds is 3. The van der Waals surface area contributed by atoms with E-state index in [0.29, 0.717) is 9.35 Å². The SMILES string of the molecule is O=C(N/N=C\c1ccc(F)s1)c1[nH]ncc1Br. The predicted molar refractivity (Wildman–Crippen MR) is 65.6 cm³/mol. The molecule has 0 atom stereocenters. The van der Waals surface area contributed by atoms with Crippen LogP contribution in [0.15, 0.2) is 27.9 Å². The topological polar surface area (TPSA) is 70.1 Å². The van der Waals surface area contributed by atoms with Gasteiger partial charge in [-0.3, -0.25) is 9.89 Å². The van der Waals surface area contributed by atoms with Gasteiger partial charge in [0.1, 0.15) is 5.69 Å². The van der Waals surface area contributed by atoms with E-state index in [2.05, 4.69) is 36.7 Å². The Morgan fingerprint density at radius 3 is 3.06 bits per heavy atom. The molecule has 0 radical (unpaired) electrons. The second-order valence-electron chi connectivity index (χ2n) is 2.93. The maximum atomic E-state index is 12.6. The van der Waals surface area contributed by atoms with Gasteiger partial charge in [-0.25, -0.2) is 5.43 Å². The summed E-state index contributed by atoms with van der Waals surface area (Å²) in [6.07, 6.45) is 2.84. The highest BCUT2D eigenvalue weighted by Crippen LogP contribution is 2.13. The van der Waals surface area contributed by atoms with Gasteiger partial charge in [0.2, 0.25) is 0 Å². The number of hydrogen-bond acceptors (Lipinski definition) is 4. The summed E-state index contributed by atoms with van der Waals surface area (Å²) in [5.41, 5.74) is 2.57. The minimum atomic E-state index is -0.428. The molecule has 2 rings (SSSR count). The summed E-state index contributed by atoms with van der Waals surface area (Å²) in [5.74, 6) is -0.428. The molecule has 88 valence electrons. The van der Waals surface area contributed by atoms with Gasteiger partial charge in [0.15, 0.2) is 5.13 Å². The van der Waals surface area contributed by atoms with Gasteiger partial charge in [-0.15, -0.1) is 11.3 Å². The zero-order valence-electron chi connectivity index (χ0n) is 8.28. The zero-order chi connectivity index (χ0) is 12.3. The van der Waals surface area contributed by atoms with E-state index in [1.807, 2.05) is 0 Å². The first kappa shape index (κ1) is 11.9. The fourth-order valence-corrected chi connectivity index (χ4v) is 2.01. The molecule has 17 heavy (non-hydrogen) atoms. The number of H-pyrrole nitrogens is 1. The lowest BCUT2D eigenvalue weighted by molar-refractivity contribution is 0.0949. The first-order valence-corrected chi connectivity index (χ1v) is 6.05. The van der Waals surface area contributed by atoms with Crippen LogP contribution in [-0.2, 0) is 0 Å². The predicted octanol–water partition coefficient (Wildman–Crippen LogP) is 2.14. The van der Waals surface area contributed by atoms with Crippen LogP contribution in [0.4, 0.5) is 4.39 Å². The Morgan fingerprint density at radius 2 is 2.47 bits per heavy atom. The number of carbonyl (C=O) groups is 1. The molecule has 0 unspecified atom stereocenters. The van der Waals surface area contributed by atoms with Crippen LogP contribution in [0.2, 0.25) is 0 Å². The molecule has 5 nitrogen and oxygen atoms in total. The number of nitrogens with zero attached hydrogens (tertiary/aromatic N) is 2. The van der Waals surface area contributed by atoms with Gasteiger partial charge in [0.25, 0.3) is 5.91 Å². The number of nitrogens with one attached hydrogen (secondary N) is 2.